The summed E-state index contributed by atoms with van der Waals surface area (Å²) in [4.78, 5) is 21.0. The van der Waals surface area contributed by atoms with E-state index in [1.165, 1.54) is 11.1 Å². The van der Waals surface area contributed by atoms with E-state index >= 15 is 0 Å². The first-order chi connectivity index (χ1) is 22.7. The average Bonchev–Trinajstić information content (AvgIpc) is 3.82. The molecule has 0 amide bonds. The molecule has 9 rings (SSSR count). The molecule has 1 aromatic carbocycles. The Balaban J connectivity index is 0.983. The van der Waals surface area contributed by atoms with Crippen LogP contribution >= 0.6 is 11.8 Å². The number of nitrogens with one attached hydrogen (secondary N) is 1. The largest absolute Gasteiger partial charge is 0.486 e. The van der Waals surface area contributed by atoms with Gasteiger partial charge in [-0.3, -0.25) is 4.40 Å². The number of nitrogens with zero attached hydrogens (tertiary/aromatic N) is 6. The number of ether oxygens (including phenoxy) is 1. The highest BCUT2D eigenvalue weighted by atomic mass is 32.2. The molecule has 47 heavy (non-hydrogen) atoms. The zero-order chi connectivity index (χ0) is 32.1. The van der Waals surface area contributed by atoms with Gasteiger partial charge in [0.2, 0.25) is 0 Å². The zero-order valence-corrected chi connectivity index (χ0v) is 28.4. The van der Waals surface area contributed by atoms with Gasteiger partial charge >= 0.3 is 0 Å². The van der Waals surface area contributed by atoms with Crippen molar-refractivity contribution in [3.8, 4) is 5.75 Å². The van der Waals surface area contributed by atoms with Crippen LogP contribution in [0.4, 0.5) is 16.0 Å². The van der Waals surface area contributed by atoms with Gasteiger partial charge in [0.1, 0.15) is 23.9 Å². The minimum Gasteiger partial charge on any atom is -0.486 e. The first kappa shape index (κ1) is 29.6. The van der Waals surface area contributed by atoms with Gasteiger partial charge in [-0.25, -0.2) is 28.3 Å². The number of benzene rings is 1. The summed E-state index contributed by atoms with van der Waals surface area (Å²) in [6.45, 7) is 8.66. The number of aromatic nitrogens is 4. The Hall–Kier alpha value is -3.48. The van der Waals surface area contributed by atoms with Gasteiger partial charge in [0.05, 0.1) is 50.3 Å². The van der Waals surface area contributed by atoms with Crippen LogP contribution in [-0.4, -0.2) is 66.8 Å². The predicted molar refractivity (Wildman–Crippen MR) is 184 cm³/mol. The number of halogens is 1. The number of alkyl halides is 1. The fraction of sp³-hybridized carbons (Fsp3) is 0.457. The van der Waals surface area contributed by atoms with E-state index in [-0.39, 0.29) is 22.2 Å². The molecule has 4 aliphatic rings. The molecule has 0 radical (unpaired) electrons. The lowest BCUT2D eigenvalue weighted by atomic mass is 9.73. The van der Waals surface area contributed by atoms with E-state index in [1.54, 1.807) is 18.0 Å². The summed E-state index contributed by atoms with van der Waals surface area (Å²) in [7, 11) is -1.16. The maximum Gasteiger partial charge on any atom is 0.175 e. The van der Waals surface area contributed by atoms with Crippen LogP contribution < -0.4 is 19.3 Å². The van der Waals surface area contributed by atoms with Crippen molar-refractivity contribution in [3.63, 3.8) is 0 Å². The number of fused-ring (bicyclic) bond motifs is 4. The first-order valence-corrected chi connectivity index (χ1v) is 18.5. The molecule has 12 heteroatoms. The van der Waals surface area contributed by atoms with E-state index < -0.39 is 17.2 Å². The number of pyridine rings is 2. The third-order valence-corrected chi connectivity index (χ3v) is 13.2. The minimum atomic E-state index is -1.16. The summed E-state index contributed by atoms with van der Waals surface area (Å²) < 4.78 is 39.1. The number of piperidine rings is 1. The normalized spacial score (nSPS) is 24.1. The molecule has 2 unspecified atom stereocenters. The Morgan fingerprint density at radius 1 is 1.06 bits per heavy atom. The molecular weight excluding hydrogens is 634 g/mol. The summed E-state index contributed by atoms with van der Waals surface area (Å²) in [6.07, 6.45) is 6.32. The van der Waals surface area contributed by atoms with Crippen molar-refractivity contribution in [2.24, 2.45) is 5.41 Å². The SMILES string of the molecule is CC(C)(C)S(=O)NC1c2ccccc2CC12CCN(c1nc3ccc(Sc4ccnc5c4OC[C@@H]4C[C@@H](F)CN54)c4ncc1n34)CC2. The van der Waals surface area contributed by atoms with E-state index in [0.717, 1.165) is 76.3 Å². The molecule has 3 aliphatic heterocycles. The highest BCUT2D eigenvalue weighted by Gasteiger charge is 2.49. The van der Waals surface area contributed by atoms with Crippen molar-refractivity contribution < 1.29 is 13.3 Å². The predicted octanol–water partition coefficient (Wildman–Crippen LogP) is 6.11. The van der Waals surface area contributed by atoms with Gasteiger partial charge in [0.25, 0.3) is 0 Å². The van der Waals surface area contributed by atoms with Crippen molar-refractivity contribution in [1.82, 2.24) is 24.1 Å². The molecule has 1 aliphatic carbocycles. The van der Waals surface area contributed by atoms with Crippen LogP contribution in [-0.2, 0) is 17.4 Å². The van der Waals surface area contributed by atoms with Gasteiger partial charge < -0.3 is 14.5 Å². The van der Waals surface area contributed by atoms with Crippen LogP contribution in [0, 0.1) is 5.41 Å². The number of anilines is 2. The fourth-order valence-corrected chi connectivity index (χ4v) is 10.0. The molecule has 2 saturated heterocycles. The molecule has 1 spiro atoms. The highest BCUT2D eigenvalue weighted by molar-refractivity contribution is 7.99. The lowest BCUT2D eigenvalue weighted by Gasteiger charge is -2.44. The van der Waals surface area contributed by atoms with E-state index in [2.05, 4.69) is 60.3 Å². The molecule has 4 aromatic heterocycles. The molecule has 1 N–H and O–H groups in total. The van der Waals surface area contributed by atoms with Gasteiger partial charge in [-0.05, 0) is 74.8 Å². The Bertz CT molecular complexity index is 2020. The zero-order valence-electron chi connectivity index (χ0n) is 26.8. The average molecular weight is 672 g/mol. The summed E-state index contributed by atoms with van der Waals surface area (Å²) >= 11 is 1.60. The molecule has 4 atom stereocenters. The highest BCUT2D eigenvalue weighted by Crippen LogP contribution is 2.53. The molecule has 0 bridgehead atoms. The van der Waals surface area contributed by atoms with Crippen molar-refractivity contribution in [3.05, 3.63) is 66.0 Å². The van der Waals surface area contributed by atoms with Gasteiger partial charge in [-0.1, -0.05) is 36.0 Å². The summed E-state index contributed by atoms with van der Waals surface area (Å²) in [5, 5.41) is 0. The van der Waals surface area contributed by atoms with E-state index in [0.29, 0.717) is 19.6 Å². The Morgan fingerprint density at radius 2 is 1.89 bits per heavy atom. The monoisotopic (exact) mass is 671 g/mol. The quantitative estimate of drug-likeness (QED) is 0.240. The van der Waals surface area contributed by atoms with Crippen molar-refractivity contribution >= 4 is 51.2 Å². The van der Waals surface area contributed by atoms with E-state index in [9.17, 15) is 8.60 Å². The number of imidazole rings is 2. The molecule has 5 aromatic rings. The van der Waals surface area contributed by atoms with Crippen LogP contribution in [0.3, 0.4) is 0 Å². The Morgan fingerprint density at radius 3 is 2.72 bits per heavy atom. The Labute approximate surface area is 280 Å². The Kier molecular flexibility index (Phi) is 6.79. The van der Waals surface area contributed by atoms with Crippen LogP contribution in [0.2, 0.25) is 0 Å². The maximum atomic E-state index is 14.2. The van der Waals surface area contributed by atoms with Gasteiger partial charge in [0, 0.05) is 25.7 Å². The molecular formula is C35H38FN7O2S2. The van der Waals surface area contributed by atoms with Gasteiger partial charge in [-0.2, -0.15) is 0 Å². The van der Waals surface area contributed by atoms with Crippen LogP contribution in [0.5, 0.6) is 5.75 Å². The van der Waals surface area contributed by atoms with Crippen molar-refractivity contribution in [1.29, 1.82) is 0 Å². The summed E-state index contributed by atoms with van der Waals surface area (Å²) in [5.41, 5.74) is 5.41. The lowest BCUT2D eigenvalue weighted by Crippen LogP contribution is -2.48. The second-order valence-corrected chi connectivity index (χ2v) is 17.5. The van der Waals surface area contributed by atoms with Crippen LogP contribution in [0.15, 0.2) is 64.6 Å². The summed E-state index contributed by atoms with van der Waals surface area (Å²) in [5.74, 6) is 2.42. The molecule has 0 saturated carbocycles. The topological polar surface area (TPSA) is 87.9 Å². The number of hydrogen-bond acceptors (Lipinski definition) is 8. The fourth-order valence-electron chi connectivity index (χ4n) is 8.09. The lowest BCUT2D eigenvalue weighted by molar-refractivity contribution is 0.177. The van der Waals surface area contributed by atoms with Crippen molar-refractivity contribution in [2.75, 3.05) is 36.0 Å². The first-order valence-electron chi connectivity index (χ1n) is 16.5. The smallest absolute Gasteiger partial charge is 0.175 e. The van der Waals surface area contributed by atoms with Crippen LogP contribution in [0.25, 0.3) is 16.8 Å². The maximum absolute atomic E-state index is 14.2. The second-order valence-electron chi connectivity index (χ2n) is 14.5. The minimum absolute atomic E-state index is 0.00953. The van der Waals surface area contributed by atoms with Gasteiger partial charge in [-0.15, -0.1) is 0 Å². The van der Waals surface area contributed by atoms with Gasteiger partial charge in [0.15, 0.2) is 23.0 Å². The van der Waals surface area contributed by atoms with Crippen LogP contribution in [0.1, 0.15) is 57.2 Å². The molecule has 2 fully saturated rings. The molecule has 7 heterocycles. The van der Waals surface area contributed by atoms with Crippen molar-refractivity contribution in [2.45, 2.75) is 79.2 Å². The van der Waals surface area contributed by atoms with E-state index in [4.69, 9.17) is 14.7 Å². The molecule has 9 nitrogen and oxygen atoms in total. The number of rotatable bonds is 5. The standard InChI is InChI=1S/C35H38FN7O2S2/c1-34(2,3)47(44)40-30-24-7-5-4-6-21(24)17-35(30)11-14-41(15-12-35)31-25-18-38-32-27(8-9-28(39-31)43(25)32)46-26-10-13-37-33-29(26)45-20-23-16-22(36)19-42(23)33/h4-10,13,18,22-23,30,40H,11-12,14-17,19-20H2,1-3H3/t22-,23+,30?,47?/m1/s1. The third-order valence-electron chi connectivity index (χ3n) is 10.5. The van der Waals surface area contributed by atoms with E-state index in [1.807, 2.05) is 33.0 Å². The third kappa shape index (κ3) is 4.73. The molecule has 244 valence electrons. The second kappa shape index (κ2) is 10.8. The number of hydrogen-bond donors (Lipinski definition) is 1. The summed E-state index contributed by atoms with van der Waals surface area (Å²) in [6, 6.07) is 14.9.